The summed E-state index contributed by atoms with van der Waals surface area (Å²) in [5.74, 6) is 0.316. The van der Waals surface area contributed by atoms with E-state index in [0.29, 0.717) is 41.2 Å². The van der Waals surface area contributed by atoms with Crippen LogP contribution in [0.1, 0.15) is 24.0 Å². The van der Waals surface area contributed by atoms with Crippen molar-refractivity contribution in [2.24, 2.45) is 5.73 Å². The summed E-state index contributed by atoms with van der Waals surface area (Å²) in [5, 5.41) is 12.9. The Labute approximate surface area is 208 Å². The molecular weight excluding hydrogens is 454 g/mol. The Balaban J connectivity index is 1.61. The number of nitrogens with one attached hydrogen (secondary N) is 1. The molecule has 1 aliphatic heterocycles. The van der Waals surface area contributed by atoms with Crippen molar-refractivity contribution in [3.8, 4) is 6.07 Å². The van der Waals surface area contributed by atoms with Crippen molar-refractivity contribution in [1.29, 1.82) is 5.26 Å². The van der Waals surface area contributed by atoms with Gasteiger partial charge in [-0.3, -0.25) is 14.2 Å². The Morgan fingerprint density at radius 1 is 1.14 bits per heavy atom. The highest BCUT2D eigenvalue weighted by molar-refractivity contribution is 5.92. The second kappa shape index (κ2) is 10.1. The molecule has 3 N–H and O–H groups in total. The van der Waals surface area contributed by atoms with E-state index < -0.39 is 0 Å². The van der Waals surface area contributed by atoms with Crippen LogP contribution in [0.5, 0.6) is 0 Å². The molecule has 1 atom stereocenters. The fraction of sp³-hybridized carbons (Fsp3) is 0.259. The quantitative estimate of drug-likeness (QED) is 0.437. The number of piperidine rings is 1. The number of amides is 1. The van der Waals surface area contributed by atoms with Gasteiger partial charge in [0.15, 0.2) is 0 Å². The Bertz CT molecular complexity index is 1490. The van der Waals surface area contributed by atoms with Gasteiger partial charge in [-0.15, -0.1) is 0 Å². The molecule has 5 rings (SSSR count). The second-order valence-corrected chi connectivity index (χ2v) is 9.02. The summed E-state index contributed by atoms with van der Waals surface area (Å²) in [6, 6.07) is 21.1. The number of hydrogen-bond donors (Lipinski definition) is 2. The van der Waals surface area contributed by atoms with Crippen molar-refractivity contribution in [2.45, 2.75) is 32.0 Å². The summed E-state index contributed by atoms with van der Waals surface area (Å²) in [7, 11) is 0. The molecule has 36 heavy (non-hydrogen) atoms. The fourth-order valence-corrected chi connectivity index (χ4v) is 4.79. The fourth-order valence-electron chi connectivity index (χ4n) is 4.79. The van der Waals surface area contributed by atoms with Crippen LogP contribution in [0.25, 0.3) is 11.0 Å². The van der Waals surface area contributed by atoms with Gasteiger partial charge in [0.25, 0.3) is 5.56 Å². The summed E-state index contributed by atoms with van der Waals surface area (Å²) in [4.78, 5) is 33.0. The van der Waals surface area contributed by atoms with Crippen molar-refractivity contribution in [1.82, 2.24) is 14.1 Å². The van der Waals surface area contributed by atoms with Gasteiger partial charge in [-0.1, -0.05) is 48.5 Å². The van der Waals surface area contributed by atoms with Gasteiger partial charge in [0, 0.05) is 31.4 Å². The SMILES string of the molecule is N#Cc1c(N2CCCC(N)C2)n(Cc2ccccc2)c2c(=O)n(CC(=O)Nc3ccccc3)cnc12. The molecule has 0 saturated carbocycles. The largest absolute Gasteiger partial charge is 0.355 e. The van der Waals surface area contributed by atoms with Crippen LogP contribution in [0.4, 0.5) is 11.5 Å². The molecule has 182 valence electrons. The summed E-state index contributed by atoms with van der Waals surface area (Å²) >= 11 is 0. The molecule has 9 heteroatoms. The topological polar surface area (TPSA) is 122 Å². The van der Waals surface area contributed by atoms with Gasteiger partial charge in [-0.05, 0) is 30.5 Å². The third kappa shape index (κ3) is 4.59. The molecule has 4 aromatic rings. The Kier molecular flexibility index (Phi) is 6.52. The minimum absolute atomic E-state index is 0.0141. The Hall–Kier alpha value is -4.42. The van der Waals surface area contributed by atoms with E-state index in [-0.39, 0.29) is 24.1 Å². The molecule has 1 aliphatic rings. The zero-order valence-electron chi connectivity index (χ0n) is 19.8. The van der Waals surface area contributed by atoms with Gasteiger partial charge >= 0.3 is 0 Å². The minimum Gasteiger partial charge on any atom is -0.355 e. The molecule has 1 fully saturated rings. The third-order valence-electron chi connectivity index (χ3n) is 6.42. The molecule has 2 aromatic carbocycles. The number of nitrogens with zero attached hydrogens (tertiary/aromatic N) is 5. The number of rotatable bonds is 6. The predicted molar refractivity (Wildman–Crippen MR) is 139 cm³/mol. The van der Waals surface area contributed by atoms with E-state index in [2.05, 4.69) is 21.3 Å². The first-order valence-corrected chi connectivity index (χ1v) is 12.0. The van der Waals surface area contributed by atoms with Gasteiger partial charge in [-0.25, -0.2) is 4.98 Å². The zero-order valence-corrected chi connectivity index (χ0v) is 19.8. The maximum Gasteiger partial charge on any atom is 0.278 e. The van der Waals surface area contributed by atoms with Crippen molar-refractivity contribution in [2.75, 3.05) is 23.3 Å². The van der Waals surface area contributed by atoms with Crippen LogP contribution in [0, 0.1) is 11.3 Å². The van der Waals surface area contributed by atoms with E-state index in [4.69, 9.17) is 5.73 Å². The Morgan fingerprint density at radius 3 is 2.56 bits per heavy atom. The molecule has 3 heterocycles. The lowest BCUT2D eigenvalue weighted by molar-refractivity contribution is -0.116. The molecule has 9 nitrogen and oxygen atoms in total. The molecule has 0 spiro atoms. The Morgan fingerprint density at radius 2 is 1.86 bits per heavy atom. The number of nitriles is 1. The van der Waals surface area contributed by atoms with Crippen molar-refractivity contribution < 1.29 is 4.79 Å². The molecule has 0 aliphatic carbocycles. The second-order valence-electron chi connectivity index (χ2n) is 9.02. The van der Waals surface area contributed by atoms with E-state index in [1.54, 1.807) is 12.1 Å². The highest BCUT2D eigenvalue weighted by Gasteiger charge is 2.28. The van der Waals surface area contributed by atoms with Gasteiger partial charge in [0.05, 0.1) is 6.33 Å². The molecule has 1 amide bonds. The summed E-state index contributed by atoms with van der Waals surface area (Å²) in [6.07, 6.45) is 3.16. The maximum atomic E-state index is 13.7. The van der Waals surface area contributed by atoms with Gasteiger partial charge in [-0.2, -0.15) is 5.26 Å². The number of aromatic nitrogens is 3. The number of nitrogens with two attached hydrogens (primary N) is 1. The molecule has 1 unspecified atom stereocenters. The predicted octanol–water partition coefficient (Wildman–Crippen LogP) is 2.68. The first kappa shape index (κ1) is 23.3. The van der Waals surface area contributed by atoms with Gasteiger partial charge in [0.1, 0.15) is 35.0 Å². The monoisotopic (exact) mass is 481 g/mol. The van der Waals surface area contributed by atoms with Crippen molar-refractivity contribution in [3.63, 3.8) is 0 Å². The number of hydrogen-bond acceptors (Lipinski definition) is 6. The number of carbonyl (C=O) groups is 1. The van der Waals surface area contributed by atoms with Gasteiger partial charge in [0.2, 0.25) is 5.91 Å². The van der Waals surface area contributed by atoms with Crippen LogP contribution in [0.3, 0.4) is 0 Å². The van der Waals surface area contributed by atoms with Crippen LogP contribution in [0.15, 0.2) is 71.8 Å². The van der Waals surface area contributed by atoms with E-state index >= 15 is 0 Å². The third-order valence-corrected chi connectivity index (χ3v) is 6.42. The lowest BCUT2D eigenvalue weighted by atomic mass is 10.1. The highest BCUT2D eigenvalue weighted by Crippen LogP contribution is 2.32. The summed E-state index contributed by atoms with van der Waals surface area (Å²) in [5.41, 5.74) is 8.52. The molecule has 0 radical (unpaired) electrons. The lowest BCUT2D eigenvalue weighted by Crippen LogP contribution is -2.44. The van der Waals surface area contributed by atoms with Crippen LogP contribution < -0.4 is 21.5 Å². The average Bonchev–Trinajstić information content (AvgIpc) is 3.20. The van der Waals surface area contributed by atoms with Crippen LogP contribution in [-0.4, -0.2) is 39.2 Å². The normalized spacial score (nSPS) is 15.6. The smallest absolute Gasteiger partial charge is 0.278 e. The zero-order chi connectivity index (χ0) is 25.1. The lowest BCUT2D eigenvalue weighted by Gasteiger charge is -2.33. The molecule has 0 bridgehead atoms. The van der Waals surface area contributed by atoms with Crippen LogP contribution in [-0.2, 0) is 17.9 Å². The van der Waals surface area contributed by atoms with E-state index in [9.17, 15) is 14.9 Å². The van der Waals surface area contributed by atoms with Crippen molar-refractivity contribution in [3.05, 3.63) is 88.5 Å². The first-order chi connectivity index (χ1) is 17.5. The minimum atomic E-state index is -0.372. The van der Waals surface area contributed by atoms with Crippen LogP contribution in [0.2, 0.25) is 0 Å². The number of benzene rings is 2. The number of para-hydroxylation sites is 1. The van der Waals surface area contributed by atoms with Gasteiger partial charge < -0.3 is 20.5 Å². The summed E-state index contributed by atoms with van der Waals surface area (Å²) < 4.78 is 3.15. The molecular formula is C27H27N7O2. The van der Waals surface area contributed by atoms with E-state index in [1.165, 1.54) is 10.9 Å². The average molecular weight is 482 g/mol. The number of carbonyl (C=O) groups excluding carboxylic acids is 1. The standard InChI is InChI=1S/C27H27N7O2/c28-14-22-24-25(27(36)33(18-30-24)17-23(35)31-21-11-5-2-6-12-21)34(15-19-8-3-1-4-9-19)26(22)32-13-7-10-20(29)16-32/h1-6,8-9,11-12,18,20H,7,10,13,15-17,29H2,(H,31,35). The van der Waals surface area contributed by atoms with E-state index in [1.807, 2.05) is 53.1 Å². The highest BCUT2D eigenvalue weighted by atomic mass is 16.2. The molecule has 1 saturated heterocycles. The summed E-state index contributed by atoms with van der Waals surface area (Å²) in [6.45, 7) is 1.52. The van der Waals surface area contributed by atoms with E-state index in [0.717, 1.165) is 24.9 Å². The van der Waals surface area contributed by atoms with Crippen molar-refractivity contribution >= 4 is 28.4 Å². The number of fused-ring (bicyclic) bond motifs is 1. The van der Waals surface area contributed by atoms with Crippen LogP contribution >= 0.6 is 0 Å². The number of anilines is 2. The maximum absolute atomic E-state index is 13.7. The first-order valence-electron chi connectivity index (χ1n) is 12.0. The molecule has 2 aromatic heterocycles.